The summed E-state index contributed by atoms with van der Waals surface area (Å²) < 4.78 is 1.92. The molecule has 2 rings (SSSR count). The zero-order chi connectivity index (χ0) is 15.0. The zero-order valence-electron chi connectivity index (χ0n) is 12.1. The first-order chi connectivity index (χ1) is 9.31. The van der Waals surface area contributed by atoms with E-state index in [1.165, 1.54) is 11.1 Å². The average molecular weight is 398 g/mol. The van der Waals surface area contributed by atoms with Gasteiger partial charge in [-0.05, 0) is 79.3 Å². The van der Waals surface area contributed by atoms with Crippen molar-refractivity contribution in [3.63, 3.8) is 0 Å². The molecule has 0 heterocycles. The van der Waals surface area contributed by atoms with Gasteiger partial charge in [0.15, 0.2) is 0 Å². The standard InChI is InChI=1S/C17H18Br2O/c1-9-5-10(2)12(4)16(11(9)3)17(20)13-6-14(18)8-15(19)7-13/h5-8,17,20H,1-4H3. The molecule has 1 unspecified atom stereocenters. The SMILES string of the molecule is Cc1cc(C)c(C)c(C(O)c2cc(Br)cc(Br)c2)c1C. The van der Waals surface area contributed by atoms with Gasteiger partial charge in [-0.2, -0.15) is 0 Å². The van der Waals surface area contributed by atoms with Crippen LogP contribution in [0.2, 0.25) is 0 Å². The molecule has 20 heavy (non-hydrogen) atoms. The van der Waals surface area contributed by atoms with E-state index < -0.39 is 6.10 Å². The molecule has 2 aromatic rings. The van der Waals surface area contributed by atoms with Gasteiger partial charge in [-0.25, -0.2) is 0 Å². The van der Waals surface area contributed by atoms with Crippen molar-refractivity contribution in [2.75, 3.05) is 0 Å². The highest BCUT2D eigenvalue weighted by Gasteiger charge is 2.18. The van der Waals surface area contributed by atoms with Crippen LogP contribution in [0.3, 0.4) is 0 Å². The number of hydrogen-bond acceptors (Lipinski definition) is 1. The third kappa shape index (κ3) is 3.00. The molecule has 0 aliphatic rings. The highest BCUT2D eigenvalue weighted by atomic mass is 79.9. The maximum absolute atomic E-state index is 10.8. The van der Waals surface area contributed by atoms with Crippen LogP contribution in [0.5, 0.6) is 0 Å². The van der Waals surface area contributed by atoms with Crippen LogP contribution >= 0.6 is 31.9 Å². The van der Waals surface area contributed by atoms with Gasteiger partial charge in [0.1, 0.15) is 6.10 Å². The van der Waals surface area contributed by atoms with E-state index in [-0.39, 0.29) is 0 Å². The Morgan fingerprint density at radius 2 is 1.25 bits per heavy atom. The van der Waals surface area contributed by atoms with E-state index in [1.54, 1.807) is 0 Å². The summed E-state index contributed by atoms with van der Waals surface area (Å²) in [6.07, 6.45) is -0.609. The summed E-state index contributed by atoms with van der Waals surface area (Å²) in [4.78, 5) is 0. The fourth-order valence-electron chi connectivity index (χ4n) is 2.56. The maximum atomic E-state index is 10.8. The van der Waals surface area contributed by atoms with Gasteiger partial charge >= 0.3 is 0 Å². The van der Waals surface area contributed by atoms with E-state index in [0.717, 1.165) is 31.2 Å². The van der Waals surface area contributed by atoms with Crippen molar-refractivity contribution in [1.82, 2.24) is 0 Å². The average Bonchev–Trinajstić information content (AvgIpc) is 2.35. The van der Waals surface area contributed by atoms with Crippen LogP contribution in [-0.2, 0) is 0 Å². The molecule has 0 amide bonds. The lowest BCUT2D eigenvalue weighted by Gasteiger charge is -2.21. The van der Waals surface area contributed by atoms with Crippen LogP contribution in [0.15, 0.2) is 33.2 Å². The quantitative estimate of drug-likeness (QED) is 0.706. The van der Waals surface area contributed by atoms with E-state index in [4.69, 9.17) is 0 Å². The van der Waals surface area contributed by atoms with Crippen LogP contribution in [-0.4, -0.2) is 5.11 Å². The molecule has 1 atom stereocenters. The summed E-state index contributed by atoms with van der Waals surface area (Å²) in [7, 11) is 0. The minimum atomic E-state index is -0.609. The molecule has 2 aromatic carbocycles. The number of aliphatic hydroxyl groups is 1. The topological polar surface area (TPSA) is 20.2 Å². The van der Waals surface area contributed by atoms with Crippen molar-refractivity contribution in [2.24, 2.45) is 0 Å². The monoisotopic (exact) mass is 396 g/mol. The van der Waals surface area contributed by atoms with E-state index in [9.17, 15) is 5.11 Å². The Kier molecular flexibility index (Phi) is 4.73. The van der Waals surface area contributed by atoms with Gasteiger partial charge in [0.25, 0.3) is 0 Å². The summed E-state index contributed by atoms with van der Waals surface area (Å²) in [6, 6.07) is 8.08. The molecule has 1 N–H and O–H groups in total. The molecule has 0 saturated carbocycles. The lowest BCUT2D eigenvalue weighted by atomic mass is 9.88. The van der Waals surface area contributed by atoms with Crippen LogP contribution < -0.4 is 0 Å². The second-order valence-corrected chi connectivity index (χ2v) is 7.11. The van der Waals surface area contributed by atoms with Gasteiger partial charge in [0.05, 0.1) is 0 Å². The molecule has 0 bridgehead atoms. The third-order valence-electron chi connectivity index (χ3n) is 3.90. The predicted molar refractivity (Wildman–Crippen MR) is 91.3 cm³/mol. The number of aryl methyl sites for hydroxylation is 2. The van der Waals surface area contributed by atoms with Crippen molar-refractivity contribution in [3.8, 4) is 0 Å². The van der Waals surface area contributed by atoms with E-state index >= 15 is 0 Å². The normalized spacial score (nSPS) is 12.6. The fourth-order valence-corrected chi connectivity index (χ4v) is 3.89. The molecule has 1 nitrogen and oxygen atoms in total. The van der Waals surface area contributed by atoms with Crippen molar-refractivity contribution >= 4 is 31.9 Å². The molecular formula is C17H18Br2O. The molecule has 0 fully saturated rings. The third-order valence-corrected chi connectivity index (χ3v) is 4.81. The van der Waals surface area contributed by atoms with Gasteiger partial charge < -0.3 is 5.11 Å². The van der Waals surface area contributed by atoms with E-state index in [1.807, 2.05) is 18.2 Å². The number of halogens is 2. The highest BCUT2D eigenvalue weighted by Crippen LogP contribution is 2.33. The summed E-state index contributed by atoms with van der Waals surface area (Å²) in [5, 5.41) is 10.8. The second kappa shape index (κ2) is 6.00. The molecule has 3 heteroatoms. The first-order valence-electron chi connectivity index (χ1n) is 6.52. The van der Waals surface area contributed by atoms with Crippen molar-refractivity contribution < 1.29 is 5.11 Å². The Balaban J connectivity index is 2.61. The molecule has 106 valence electrons. The van der Waals surface area contributed by atoms with Crippen LogP contribution in [0.25, 0.3) is 0 Å². The van der Waals surface area contributed by atoms with E-state index in [0.29, 0.717) is 0 Å². The van der Waals surface area contributed by atoms with Crippen LogP contribution in [0.1, 0.15) is 39.5 Å². The maximum Gasteiger partial charge on any atom is 0.105 e. The summed E-state index contributed by atoms with van der Waals surface area (Å²) in [6.45, 7) is 8.34. The number of hydrogen-bond donors (Lipinski definition) is 1. The lowest BCUT2D eigenvalue weighted by Crippen LogP contribution is -2.07. The Hall–Kier alpha value is -0.640. The number of rotatable bonds is 2. The highest BCUT2D eigenvalue weighted by molar-refractivity contribution is 9.11. The largest absolute Gasteiger partial charge is 0.384 e. The minimum Gasteiger partial charge on any atom is -0.384 e. The van der Waals surface area contributed by atoms with Gasteiger partial charge in [0, 0.05) is 8.95 Å². The number of aliphatic hydroxyl groups excluding tert-OH is 1. The second-order valence-electron chi connectivity index (χ2n) is 5.28. The van der Waals surface area contributed by atoms with Crippen molar-refractivity contribution in [2.45, 2.75) is 33.8 Å². The summed E-state index contributed by atoms with van der Waals surface area (Å²) in [5.41, 5.74) is 6.68. The van der Waals surface area contributed by atoms with Crippen LogP contribution in [0, 0.1) is 27.7 Å². The molecule has 0 aliphatic heterocycles. The molecule has 0 radical (unpaired) electrons. The fraction of sp³-hybridized carbons (Fsp3) is 0.294. The zero-order valence-corrected chi connectivity index (χ0v) is 15.3. The molecule has 0 saturated heterocycles. The Morgan fingerprint density at radius 3 is 1.70 bits per heavy atom. The molecular weight excluding hydrogens is 380 g/mol. The first kappa shape index (κ1) is 15.7. The minimum absolute atomic E-state index is 0.609. The van der Waals surface area contributed by atoms with Gasteiger partial charge in [-0.3, -0.25) is 0 Å². The first-order valence-corrected chi connectivity index (χ1v) is 8.11. The van der Waals surface area contributed by atoms with Gasteiger partial charge in [-0.1, -0.05) is 37.9 Å². The van der Waals surface area contributed by atoms with Crippen LogP contribution in [0.4, 0.5) is 0 Å². The van der Waals surface area contributed by atoms with Gasteiger partial charge in [0.2, 0.25) is 0 Å². The number of benzene rings is 2. The summed E-state index contributed by atoms with van der Waals surface area (Å²) in [5.74, 6) is 0. The van der Waals surface area contributed by atoms with E-state index in [2.05, 4.69) is 65.6 Å². The molecule has 0 aliphatic carbocycles. The predicted octanol–water partition coefficient (Wildman–Crippen LogP) is 5.53. The molecule has 0 aromatic heterocycles. The summed E-state index contributed by atoms with van der Waals surface area (Å²) >= 11 is 6.96. The smallest absolute Gasteiger partial charge is 0.105 e. The van der Waals surface area contributed by atoms with Gasteiger partial charge in [-0.15, -0.1) is 0 Å². The Bertz CT molecular complexity index is 616. The van der Waals surface area contributed by atoms with Crippen molar-refractivity contribution in [1.29, 1.82) is 0 Å². The molecule has 0 spiro atoms. The Morgan fingerprint density at radius 1 is 0.800 bits per heavy atom. The Labute approximate surface area is 137 Å². The lowest BCUT2D eigenvalue weighted by molar-refractivity contribution is 0.218. The van der Waals surface area contributed by atoms with Crippen molar-refractivity contribution in [3.05, 3.63) is 66.6 Å².